The highest BCUT2D eigenvalue weighted by Gasteiger charge is 2.36. The number of nitro groups is 1. The number of ether oxygens (including phenoxy) is 1. The number of non-ortho nitro benzene ring substituents is 1. The minimum Gasteiger partial charge on any atom is -0.466 e. The lowest BCUT2D eigenvalue weighted by Gasteiger charge is -2.26. The summed E-state index contributed by atoms with van der Waals surface area (Å²) in [6.07, 6.45) is 0.0519. The number of fused-ring (bicyclic) bond motifs is 1. The molecule has 0 fully saturated rings. The molecule has 1 atom stereocenters. The smallest absolute Gasteiger partial charge is 0.271 e. The van der Waals surface area contributed by atoms with Crippen molar-refractivity contribution in [3.8, 4) is 5.75 Å². The van der Waals surface area contributed by atoms with Crippen LogP contribution in [0.3, 0.4) is 0 Å². The number of hydrazone groups is 1. The fourth-order valence-corrected chi connectivity index (χ4v) is 3.85. The van der Waals surface area contributed by atoms with Crippen LogP contribution in [0.4, 0.5) is 5.69 Å². The zero-order chi connectivity index (χ0) is 28.0. The summed E-state index contributed by atoms with van der Waals surface area (Å²) in [6, 6.07) is 24.4. The molecule has 12 heteroatoms. The highest BCUT2D eigenvalue weighted by atomic mass is 35.6. The van der Waals surface area contributed by atoms with E-state index in [1.807, 2.05) is 30.3 Å². The second-order valence-corrected chi connectivity index (χ2v) is 10.5. The van der Waals surface area contributed by atoms with Gasteiger partial charge < -0.3 is 10.1 Å². The summed E-state index contributed by atoms with van der Waals surface area (Å²) in [7, 11) is 0. The lowest BCUT2D eigenvalue weighted by molar-refractivity contribution is -0.384. The van der Waals surface area contributed by atoms with Gasteiger partial charge in [-0.1, -0.05) is 77.3 Å². The molecule has 0 aliphatic rings. The predicted molar refractivity (Wildman–Crippen MR) is 151 cm³/mol. The van der Waals surface area contributed by atoms with Crippen molar-refractivity contribution in [2.45, 2.75) is 10.0 Å². The Labute approximate surface area is 237 Å². The van der Waals surface area contributed by atoms with Gasteiger partial charge in [-0.3, -0.25) is 19.7 Å². The van der Waals surface area contributed by atoms with Crippen LogP contribution in [0.2, 0.25) is 0 Å². The van der Waals surface area contributed by atoms with E-state index in [1.54, 1.807) is 36.4 Å². The Bertz CT molecular complexity index is 1550. The average molecular weight is 586 g/mol. The van der Waals surface area contributed by atoms with Gasteiger partial charge in [0.1, 0.15) is 5.75 Å². The number of hydrogen-bond acceptors (Lipinski definition) is 6. The van der Waals surface area contributed by atoms with E-state index in [1.165, 1.54) is 24.4 Å². The van der Waals surface area contributed by atoms with Crippen molar-refractivity contribution in [3.05, 3.63) is 118 Å². The molecule has 0 saturated heterocycles. The highest BCUT2D eigenvalue weighted by molar-refractivity contribution is 6.68. The SMILES string of the molecule is O=C(N/N=C\c1ccc(O[C@@H](NC(=O)c2cccc3ccccc23)C(Cl)(Cl)Cl)cc1)c1cccc([N+](=O)[O-])c1. The molecule has 2 N–H and O–H groups in total. The quantitative estimate of drug-likeness (QED) is 0.0861. The molecule has 0 saturated carbocycles. The molecule has 0 bridgehead atoms. The van der Waals surface area contributed by atoms with Crippen LogP contribution in [-0.4, -0.2) is 33.0 Å². The molecule has 0 aromatic heterocycles. The van der Waals surface area contributed by atoms with Crippen molar-refractivity contribution in [3.63, 3.8) is 0 Å². The first-order valence-corrected chi connectivity index (χ1v) is 12.4. The zero-order valence-electron chi connectivity index (χ0n) is 19.9. The first-order chi connectivity index (χ1) is 18.6. The molecular weight excluding hydrogens is 567 g/mol. The van der Waals surface area contributed by atoms with Gasteiger partial charge >= 0.3 is 0 Å². The van der Waals surface area contributed by atoms with Crippen LogP contribution in [0, 0.1) is 10.1 Å². The summed E-state index contributed by atoms with van der Waals surface area (Å²) in [5.41, 5.74) is 3.18. The standard InChI is InChI=1S/C27H19Cl3N4O5/c28-27(29,30)26(32-25(36)23-10-4-6-18-5-1-2-9-22(18)23)39-21-13-11-17(12-14-21)16-31-33-24(35)19-7-3-8-20(15-19)34(37)38/h1-16,26H,(H,32,36)(H,33,35)/b31-16-/t26-/m1/s1. The third-order valence-electron chi connectivity index (χ3n) is 5.43. The Kier molecular flexibility index (Phi) is 8.65. The maximum atomic E-state index is 13.0. The monoisotopic (exact) mass is 584 g/mol. The van der Waals surface area contributed by atoms with Gasteiger partial charge in [-0.2, -0.15) is 5.10 Å². The van der Waals surface area contributed by atoms with Crippen molar-refractivity contribution >= 4 is 69.3 Å². The maximum absolute atomic E-state index is 13.0. The molecule has 0 heterocycles. The molecule has 39 heavy (non-hydrogen) atoms. The fourth-order valence-electron chi connectivity index (χ4n) is 3.56. The van der Waals surface area contributed by atoms with E-state index in [9.17, 15) is 19.7 Å². The summed E-state index contributed by atoms with van der Waals surface area (Å²) in [5.74, 6) is -0.795. The Hall–Kier alpha value is -4.18. The van der Waals surface area contributed by atoms with Gasteiger partial charge in [-0.15, -0.1) is 0 Å². The molecule has 0 aliphatic carbocycles. The second kappa shape index (κ2) is 12.1. The van der Waals surface area contributed by atoms with Crippen molar-refractivity contribution < 1.29 is 19.2 Å². The van der Waals surface area contributed by atoms with Crippen molar-refractivity contribution in [2.24, 2.45) is 5.10 Å². The van der Waals surface area contributed by atoms with E-state index in [0.717, 1.165) is 16.8 Å². The fraction of sp³-hybridized carbons (Fsp3) is 0.0741. The van der Waals surface area contributed by atoms with E-state index >= 15 is 0 Å². The number of nitrogens with one attached hydrogen (secondary N) is 2. The van der Waals surface area contributed by atoms with Gasteiger partial charge in [0.2, 0.25) is 10.0 Å². The molecule has 0 spiro atoms. The molecule has 198 valence electrons. The summed E-state index contributed by atoms with van der Waals surface area (Å²) in [6.45, 7) is 0. The number of nitrogens with zero attached hydrogens (tertiary/aromatic N) is 2. The normalized spacial score (nSPS) is 12.2. The summed E-state index contributed by atoms with van der Waals surface area (Å²) in [4.78, 5) is 35.5. The van der Waals surface area contributed by atoms with E-state index in [4.69, 9.17) is 39.5 Å². The molecule has 4 rings (SSSR count). The Morgan fingerprint density at radius 3 is 2.33 bits per heavy atom. The van der Waals surface area contributed by atoms with Gasteiger partial charge in [0.05, 0.1) is 11.1 Å². The van der Waals surface area contributed by atoms with Gasteiger partial charge in [0.15, 0.2) is 0 Å². The van der Waals surface area contributed by atoms with E-state index in [-0.39, 0.29) is 11.3 Å². The number of carbonyl (C=O) groups is 2. The first-order valence-electron chi connectivity index (χ1n) is 11.3. The number of hydrogen-bond donors (Lipinski definition) is 2. The second-order valence-electron chi connectivity index (χ2n) is 8.12. The minimum absolute atomic E-state index is 0.0911. The molecule has 0 radical (unpaired) electrons. The Morgan fingerprint density at radius 2 is 1.62 bits per heavy atom. The third-order valence-corrected chi connectivity index (χ3v) is 6.02. The van der Waals surface area contributed by atoms with Gasteiger partial charge in [0, 0.05) is 23.3 Å². The van der Waals surface area contributed by atoms with Crippen LogP contribution in [-0.2, 0) is 0 Å². The van der Waals surface area contributed by atoms with Crippen LogP contribution in [0.15, 0.2) is 96.1 Å². The Balaban J connectivity index is 1.41. The average Bonchev–Trinajstić information content (AvgIpc) is 2.92. The molecule has 0 unspecified atom stereocenters. The Morgan fingerprint density at radius 1 is 0.923 bits per heavy atom. The molecular formula is C27H19Cl3N4O5. The molecule has 9 nitrogen and oxygen atoms in total. The van der Waals surface area contributed by atoms with E-state index in [2.05, 4.69) is 15.8 Å². The van der Waals surface area contributed by atoms with E-state index < -0.39 is 26.8 Å². The lowest BCUT2D eigenvalue weighted by atomic mass is 10.0. The van der Waals surface area contributed by atoms with Crippen molar-refractivity contribution in [2.75, 3.05) is 0 Å². The summed E-state index contributed by atoms with van der Waals surface area (Å²) < 4.78 is 3.78. The first kappa shape index (κ1) is 27.8. The van der Waals surface area contributed by atoms with Gasteiger partial charge in [-0.05, 0) is 52.7 Å². The van der Waals surface area contributed by atoms with Crippen LogP contribution < -0.4 is 15.5 Å². The number of amides is 2. The predicted octanol–water partition coefficient (Wildman–Crippen LogP) is 6.02. The lowest BCUT2D eigenvalue weighted by Crippen LogP contribution is -2.47. The number of rotatable bonds is 8. The number of benzene rings is 4. The van der Waals surface area contributed by atoms with Crippen molar-refractivity contribution in [1.29, 1.82) is 0 Å². The number of alkyl halides is 3. The van der Waals surface area contributed by atoms with Crippen LogP contribution in [0.1, 0.15) is 26.3 Å². The molecule has 2 amide bonds. The van der Waals surface area contributed by atoms with Crippen LogP contribution >= 0.6 is 34.8 Å². The molecule has 0 aliphatic heterocycles. The highest BCUT2D eigenvalue weighted by Crippen LogP contribution is 2.32. The summed E-state index contributed by atoms with van der Waals surface area (Å²) in [5, 5.41) is 19.0. The number of carbonyl (C=O) groups excluding carboxylic acids is 2. The van der Waals surface area contributed by atoms with Crippen LogP contribution in [0.5, 0.6) is 5.75 Å². The minimum atomic E-state index is -1.99. The van der Waals surface area contributed by atoms with Gasteiger partial charge in [-0.25, -0.2) is 5.43 Å². The third kappa shape index (κ3) is 7.23. The number of halogens is 3. The largest absolute Gasteiger partial charge is 0.466 e. The topological polar surface area (TPSA) is 123 Å². The zero-order valence-corrected chi connectivity index (χ0v) is 22.2. The molecule has 4 aromatic rings. The summed E-state index contributed by atoms with van der Waals surface area (Å²) >= 11 is 18.3. The van der Waals surface area contributed by atoms with Gasteiger partial charge in [0.25, 0.3) is 17.5 Å². The number of nitro benzene ring substituents is 1. The van der Waals surface area contributed by atoms with E-state index in [0.29, 0.717) is 16.9 Å². The maximum Gasteiger partial charge on any atom is 0.271 e. The van der Waals surface area contributed by atoms with Crippen LogP contribution in [0.25, 0.3) is 10.8 Å². The molecule has 4 aromatic carbocycles. The van der Waals surface area contributed by atoms with Crippen molar-refractivity contribution in [1.82, 2.24) is 10.7 Å².